The van der Waals surface area contributed by atoms with Crippen LogP contribution >= 0.6 is 0 Å². The van der Waals surface area contributed by atoms with E-state index in [2.05, 4.69) is 10.1 Å². The van der Waals surface area contributed by atoms with Gasteiger partial charge in [0.2, 0.25) is 0 Å². The Bertz CT molecular complexity index is 592. The van der Waals surface area contributed by atoms with Crippen LogP contribution in [0.15, 0.2) is 24.3 Å². The largest absolute Gasteiger partial charge is 0.465 e. The summed E-state index contributed by atoms with van der Waals surface area (Å²) in [7, 11) is 1.31. The van der Waals surface area contributed by atoms with Gasteiger partial charge < -0.3 is 19.7 Å². The van der Waals surface area contributed by atoms with Gasteiger partial charge in [0.25, 0.3) is 5.91 Å². The molecule has 1 aliphatic heterocycles. The van der Waals surface area contributed by atoms with E-state index >= 15 is 0 Å². The molecule has 130 valence electrons. The number of amides is 2. The fraction of sp³-hybridized carbons (Fsp3) is 0.471. The van der Waals surface area contributed by atoms with Crippen molar-refractivity contribution in [1.29, 1.82) is 0 Å². The summed E-state index contributed by atoms with van der Waals surface area (Å²) in [4.78, 5) is 36.9. The number of hydrogen-bond donors (Lipinski definition) is 1. The normalized spacial score (nSPS) is 14.8. The number of nitrogens with zero attached hydrogens (tertiary/aromatic N) is 1. The summed E-state index contributed by atoms with van der Waals surface area (Å²) >= 11 is 0. The molecule has 2 amide bonds. The lowest BCUT2D eigenvalue weighted by molar-refractivity contribution is 0.0600. The molecule has 1 aromatic rings. The van der Waals surface area contributed by atoms with E-state index < -0.39 is 5.97 Å². The fourth-order valence-electron chi connectivity index (χ4n) is 2.57. The zero-order valence-corrected chi connectivity index (χ0v) is 13.9. The Labute approximate surface area is 140 Å². The Morgan fingerprint density at radius 1 is 1.12 bits per heavy atom. The number of hydrogen-bond acceptors (Lipinski definition) is 5. The molecule has 24 heavy (non-hydrogen) atoms. The van der Waals surface area contributed by atoms with Crippen LogP contribution in [0.4, 0.5) is 4.79 Å². The van der Waals surface area contributed by atoms with Gasteiger partial charge in [-0.15, -0.1) is 0 Å². The van der Waals surface area contributed by atoms with E-state index in [0.29, 0.717) is 43.7 Å². The number of ether oxygens (including phenoxy) is 2. The molecule has 1 heterocycles. The summed E-state index contributed by atoms with van der Waals surface area (Å²) in [5, 5.41) is 2.96. The highest BCUT2D eigenvalue weighted by Crippen LogP contribution is 2.13. The van der Waals surface area contributed by atoms with Crippen molar-refractivity contribution in [3.05, 3.63) is 35.4 Å². The molecule has 1 fully saturated rings. The highest BCUT2D eigenvalue weighted by atomic mass is 16.6. The standard InChI is InChI=1S/C17H22N2O5/c1-3-24-17(22)19-10-8-14(9-11-19)18-15(20)12-4-6-13(7-5-12)16(21)23-2/h4-7,14H,3,8-11H2,1-2H3,(H,18,20). The first kappa shape index (κ1) is 17.8. The Kier molecular flexibility index (Phi) is 6.17. The highest BCUT2D eigenvalue weighted by Gasteiger charge is 2.24. The summed E-state index contributed by atoms with van der Waals surface area (Å²) in [5.74, 6) is -0.630. The van der Waals surface area contributed by atoms with E-state index in [1.807, 2.05) is 0 Å². The molecule has 2 rings (SSSR count). The third-order valence-corrected chi connectivity index (χ3v) is 3.92. The van der Waals surface area contributed by atoms with E-state index in [1.54, 1.807) is 36.1 Å². The molecule has 1 aromatic carbocycles. The summed E-state index contributed by atoms with van der Waals surface area (Å²) in [6, 6.07) is 6.32. The van der Waals surface area contributed by atoms with E-state index in [4.69, 9.17) is 4.74 Å². The molecular formula is C17H22N2O5. The van der Waals surface area contributed by atoms with Crippen LogP contribution in [0.3, 0.4) is 0 Å². The van der Waals surface area contributed by atoms with Crippen LogP contribution < -0.4 is 5.32 Å². The number of piperidine rings is 1. The molecule has 0 bridgehead atoms. The van der Waals surface area contributed by atoms with Crippen LogP contribution in [0.25, 0.3) is 0 Å². The predicted octanol–water partition coefficient (Wildman–Crippen LogP) is 1.82. The average Bonchev–Trinajstić information content (AvgIpc) is 2.62. The topological polar surface area (TPSA) is 84.9 Å². The van der Waals surface area contributed by atoms with Crippen molar-refractivity contribution in [2.45, 2.75) is 25.8 Å². The summed E-state index contributed by atoms with van der Waals surface area (Å²) in [5.41, 5.74) is 0.882. The Balaban J connectivity index is 1.85. The van der Waals surface area contributed by atoms with Gasteiger partial charge in [-0.1, -0.05) is 0 Å². The fourth-order valence-corrected chi connectivity index (χ4v) is 2.57. The lowest BCUT2D eigenvalue weighted by Crippen LogP contribution is -2.46. The Morgan fingerprint density at radius 3 is 2.25 bits per heavy atom. The van der Waals surface area contributed by atoms with Crippen molar-refractivity contribution in [3.8, 4) is 0 Å². The van der Waals surface area contributed by atoms with Gasteiger partial charge in [-0.05, 0) is 44.0 Å². The first-order valence-corrected chi connectivity index (χ1v) is 7.96. The van der Waals surface area contributed by atoms with Crippen molar-refractivity contribution < 1.29 is 23.9 Å². The molecule has 0 radical (unpaired) electrons. The third kappa shape index (κ3) is 4.47. The second-order valence-electron chi connectivity index (χ2n) is 5.50. The molecular weight excluding hydrogens is 312 g/mol. The molecule has 1 aliphatic rings. The monoisotopic (exact) mass is 334 g/mol. The first-order chi connectivity index (χ1) is 11.5. The minimum atomic E-state index is -0.437. The molecule has 0 aromatic heterocycles. The SMILES string of the molecule is CCOC(=O)N1CCC(NC(=O)c2ccc(C(=O)OC)cc2)CC1. The van der Waals surface area contributed by atoms with Gasteiger partial charge in [0.05, 0.1) is 19.3 Å². The number of esters is 1. The smallest absolute Gasteiger partial charge is 0.409 e. The molecule has 0 unspecified atom stereocenters. The average molecular weight is 334 g/mol. The number of methoxy groups -OCH3 is 1. The number of carbonyl (C=O) groups is 3. The zero-order chi connectivity index (χ0) is 17.5. The number of carbonyl (C=O) groups excluding carboxylic acids is 3. The summed E-state index contributed by atoms with van der Waals surface area (Å²) in [6.45, 7) is 3.25. The first-order valence-electron chi connectivity index (χ1n) is 7.96. The second-order valence-corrected chi connectivity index (χ2v) is 5.50. The highest BCUT2D eigenvalue weighted by molar-refractivity contribution is 5.96. The molecule has 1 saturated heterocycles. The number of rotatable bonds is 4. The maximum Gasteiger partial charge on any atom is 0.409 e. The summed E-state index contributed by atoms with van der Waals surface area (Å²) in [6.07, 6.45) is 1.07. The van der Waals surface area contributed by atoms with Crippen LogP contribution in [-0.4, -0.2) is 55.7 Å². The van der Waals surface area contributed by atoms with Gasteiger partial charge in [-0.25, -0.2) is 9.59 Å². The van der Waals surface area contributed by atoms with Crippen molar-refractivity contribution in [2.24, 2.45) is 0 Å². The van der Waals surface area contributed by atoms with E-state index in [0.717, 1.165) is 0 Å². The van der Waals surface area contributed by atoms with Gasteiger partial charge in [0.15, 0.2) is 0 Å². The van der Waals surface area contributed by atoms with Crippen LogP contribution in [-0.2, 0) is 9.47 Å². The molecule has 7 heteroatoms. The number of likely N-dealkylation sites (tertiary alicyclic amines) is 1. The van der Waals surface area contributed by atoms with Crippen molar-refractivity contribution >= 4 is 18.0 Å². The van der Waals surface area contributed by atoms with Crippen molar-refractivity contribution in [3.63, 3.8) is 0 Å². The van der Waals surface area contributed by atoms with E-state index in [9.17, 15) is 14.4 Å². The van der Waals surface area contributed by atoms with Gasteiger partial charge in [-0.3, -0.25) is 4.79 Å². The quantitative estimate of drug-likeness (QED) is 0.849. The maximum absolute atomic E-state index is 12.2. The zero-order valence-electron chi connectivity index (χ0n) is 13.9. The lowest BCUT2D eigenvalue weighted by Gasteiger charge is -2.31. The maximum atomic E-state index is 12.2. The molecule has 0 spiro atoms. The molecule has 0 atom stereocenters. The summed E-state index contributed by atoms with van der Waals surface area (Å²) < 4.78 is 9.59. The third-order valence-electron chi connectivity index (χ3n) is 3.92. The molecule has 0 saturated carbocycles. The number of nitrogens with one attached hydrogen (secondary N) is 1. The van der Waals surface area contributed by atoms with Crippen LogP contribution in [0, 0.1) is 0 Å². The van der Waals surface area contributed by atoms with Gasteiger partial charge in [0.1, 0.15) is 0 Å². The Morgan fingerprint density at radius 2 is 1.71 bits per heavy atom. The van der Waals surface area contributed by atoms with Gasteiger partial charge in [-0.2, -0.15) is 0 Å². The molecule has 7 nitrogen and oxygen atoms in total. The van der Waals surface area contributed by atoms with Crippen LogP contribution in [0.1, 0.15) is 40.5 Å². The molecule has 1 N–H and O–H groups in total. The Hall–Kier alpha value is -2.57. The molecule has 0 aliphatic carbocycles. The minimum absolute atomic E-state index is 0.0171. The van der Waals surface area contributed by atoms with E-state index in [-0.39, 0.29) is 18.0 Å². The lowest BCUT2D eigenvalue weighted by atomic mass is 10.0. The number of benzene rings is 1. The predicted molar refractivity (Wildman–Crippen MR) is 86.9 cm³/mol. The second kappa shape index (κ2) is 8.33. The van der Waals surface area contributed by atoms with Crippen molar-refractivity contribution in [1.82, 2.24) is 10.2 Å². The van der Waals surface area contributed by atoms with Crippen molar-refractivity contribution in [2.75, 3.05) is 26.8 Å². The van der Waals surface area contributed by atoms with Crippen LogP contribution in [0.5, 0.6) is 0 Å². The van der Waals surface area contributed by atoms with Gasteiger partial charge >= 0.3 is 12.1 Å². The van der Waals surface area contributed by atoms with E-state index in [1.165, 1.54) is 7.11 Å². The minimum Gasteiger partial charge on any atom is -0.465 e. The van der Waals surface area contributed by atoms with Crippen LogP contribution in [0.2, 0.25) is 0 Å². The van der Waals surface area contributed by atoms with Gasteiger partial charge in [0, 0.05) is 24.7 Å².